The molecule has 5 rings (SSSR count). The quantitative estimate of drug-likeness (QED) is 0.651. The molecule has 162 valence electrons. The van der Waals surface area contributed by atoms with E-state index >= 15 is 0 Å². The number of methoxy groups -OCH3 is 1. The predicted molar refractivity (Wildman–Crippen MR) is 119 cm³/mol. The van der Waals surface area contributed by atoms with Gasteiger partial charge in [0.1, 0.15) is 12.4 Å². The molecule has 0 atom stereocenters. The zero-order chi connectivity index (χ0) is 22.2. The maximum atomic E-state index is 13.0. The van der Waals surface area contributed by atoms with Gasteiger partial charge in [-0.05, 0) is 46.4 Å². The Labute approximate surface area is 186 Å². The Morgan fingerprint density at radius 1 is 0.969 bits per heavy atom. The molecule has 0 spiro atoms. The molecule has 32 heavy (non-hydrogen) atoms. The highest BCUT2D eigenvalue weighted by molar-refractivity contribution is 5.90. The molecule has 6 heteroatoms. The van der Waals surface area contributed by atoms with Crippen molar-refractivity contribution in [3.05, 3.63) is 88.5 Å². The summed E-state index contributed by atoms with van der Waals surface area (Å²) >= 11 is 0. The van der Waals surface area contributed by atoms with E-state index in [4.69, 9.17) is 9.47 Å². The maximum absolute atomic E-state index is 13.0. The fourth-order valence-corrected chi connectivity index (χ4v) is 4.88. The molecule has 1 heterocycles. The molecule has 1 amide bonds. The van der Waals surface area contributed by atoms with Gasteiger partial charge < -0.3 is 19.5 Å². The number of aromatic carboxylic acids is 1. The molecule has 6 nitrogen and oxygen atoms in total. The third-order valence-corrected chi connectivity index (χ3v) is 6.41. The lowest BCUT2D eigenvalue weighted by molar-refractivity contribution is 0.0694. The first kappa shape index (κ1) is 20.1. The molecule has 0 saturated carbocycles. The van der Waals surface area contributed by atoms with E-state index in [1.165, 1.54) is 22.3 Å². The summed E-state index contributed by atoms with van der Waals surface area (Å²) in [6, 6.07) is 19.6. The molecular weight excluding hydrogens is 406 g/mol. The summed E-state index contributed by atoms with van der Waals surface area (Å²) in [5.74, 6) is -0.392. The van der Waals surface area contributed by atoms with E-state index in [9.17, 15) is 14.7 Å². The lowest BCUT2D eigenvalue weighted by Crippen LogP contribution is -2.37. The molecule has 2 aliphatic rings. The molecule has 0 bridgehead atoms. The summed E-state index contributed by atoms with van der Waals surface area (Å²) in [4.78, 5) is 26.2. The van der Waals surface area contributed by atoms with Crippen LogP contribution >= 0.6 is 0 Å². The van der Waals surface area contributed by atoms with E-state index in [2.05, 4.69) is 24.3 Å². The Bertz CT molecular complexity index is 1170. The third kappa shape index (κ3) is 3.28. The van der Waals surface area contributed by atoms with Crippen molar-refractivity contribution in [3.8, 4) is 16.9 Å². The second-order valence-corrected chi connectivity index (χ2v) is 8.05. The number of carboxylic acid groups (broad SMARTS) is 1. The molecular formula is C26H23NO5. The number of carbonyl (C=O) groups is 2. The Hall–Kier alpha value is -3.80. The van der Waals surface area contributed by atoms with Crippen LogP contribution in [0.3, 0.4) is 0 Å². The molecule has 0 saturated heterocycles. The van der Waals surface area contributed by atoms with Crippen LogP contribution in [0.1, 0.15) is 38.5 Å². The van der Waals surface area contributed by atoms with Crippen LogP contribution in [0.2, 0.25) is 0 Å². The average Bonchev–Trinajstić information content (AvgIpc) is 3.15. The average molecular weight is 429 g/mol. The third-order valence-electron chi connectivity index (χ3n) is 6.41. The van der Waals surface area contributed by atoms with Crippen molar-refractivity contribution in [1.29, 1.82) is 0 Å². The van der Waals surface area contributed by atoms with Crippen LogP contribution in [0.5, 0.6) is 5.75 Å². The minimum absolute atomic E-state index is 0.00317. The Balaban J connectivity index is 1.35. The second-order valence-electron chi connectivity index (χ2n) is 8.05. The highest BCUT2D eigenvalue weighted by Gasteiger charge is 2.31. The summed E-state index contributed by atoms with van der Waals surface area (Å²) in [5, 5.41) is 9.50. The highest BCUT2D eigenvalue weighted by atomic mass is 16.6. The summed E-state index contributed by atoms with van der Waals surface area (Å²) < 4.78 is 11.2. The van der Waals surface area contributed by atoms with Gasteiger partial charge in [0.05, 0.1) is 19.2 Å². The van der Waals surface area contributed by atoms with Crippen molar-refractivity contribution in [3.63, 3.8) is 0 Å². The van der Waals surface area contributed by atoms with Gasteiger partial charge in [0, 0.05) is 18.0 Å². The molecule has 3 aromatic rings. The standard InChI is InChI=1S/C26H23NO5/c1-31-24-11-10-21(25(28)29)20-12-13-27(14-22(20)24)26(30)32-15-23-18-8-4-2-6-16(18)17-7-3-5-9-19(17)23/h2-11,23H,12-15H2,1H3,(H,28,29). The summed E-state index contributed by atoms with van der Waals surface area (Å²) in [6.07, 6.45) is 0.0403. The Morgan fingerprint density at radius 3 is 2.25 bits per heavy atom. The number of hydrogen-bond donors (Lipinski definition) is 1. The zero-order valence-corrected chi connectivity index (χ0v) is 17.7. The molecule has 0 aromatic heterocycles. The number of fused-ring (bicyclic) bond motifs is 4. The second kappa shape index (κ2) is 8.04. The number of ether oxygens (including phenoxy) is 2. The van der Waals surface area contributed by atoms with Gasteiger partial charge in [-0.25, -0.2) is 9.59 Å². The Morgan fingerprint density at radius 2 is 1.62 bits per heavy atom. The lowest BCUT2D eigenvalue weighted by Gasteiger charge is -2.30. The zero-order valence-electron chi connectivity index (χ0n) is 17.7. The molecule has 0 radical (unpaired) electrons. The van der Waals surface area contributed by atoms with E-state index in [1.807, 2.05) is 24.3 Å². The topological polar surface area (TPSA) is 76.1 Å². The SMILES string of the molecule is COc1ccc(C(=O)O)c2c1CN(C(=O)OCC1c3ccccc3-c3ccccc31)CC2. The normalized spacial score (nSPS) is 14.3. The van der Waals surface area contributed by atoms with Gasteiger partial charge in [0.25, 0.3) is 0 Å². The summed E-state index contributed by atoms with van der Waals surface area (Å²) in [5.41, 5.74) is 6.40. The van der Waals surface area contributed by atoms with Gasteiger partial charge in [0.2, 0.25) is 0 Å². The van der Waals surface area contributed by atoms with Gasteiger partial charge in [0.15, 0.2) is 0 Å². The van der Waals surface area contributed by atoms with E-state index in [0.29, 0.717) is 18.7 Å². The van der Waals surface area contributed by atoms with Crippen LogP contribution in [-0.4, -0.2) is 42.3 Å². The van der Waals surface area contributed by atoms with Gasteiger partial charge in [-0.15, -0.1) is 0 Å². The maximum Gasteiger partial charge on any atom is 0.410 e. The smallest absolute Gasteiger partial charge is 0.410 e. The molecule has 3 aromatic carbocycles. The van der Waals surface area contributed by atoms with Crippen LogP contribution in [0.25, 0.3) is 11.1 Å². The van der Waals surface area contributed by atoms with Crippen molar-refractivity contribution < 1.29 is 24.2 Å². The number of carboxylic acids is 1. The van der Waals surface area contributed by atoms with Crippen molar-refractivity contribution in [1.82, 2.24) is 4.90 Å². The van der Waals surface area contributed by atoms with Crippen molar-refractivity contribution >= 4 is 12.1 Å². The lowest BCUT2D eigenvalue weighted by atomic mass is 9.93. The number of hydrogen-bond acceptors (Lipinski definition) is 4. The van der Waals surface area contributed by atoms with Crippen molar-refractivity contribution in [2.45, 2.75) is 18.9 Å². The van der Waals surface area contributed by atoms with Gasteiger partial charge >= 0.3 is 12.1 Å². The fraction of sp³-hybridized carbons (Fsp3) is 0.231. The van der Waals surface area contributed by atoms with Gasteiger partial charge in [-0.2, -0.15) is 0 Å². The van der Waals surface area contributed by atoms with Gasteiger partial charge in [-0.3, -0.25) is 0 Å². The van der Waals surface area contributed by atoms with Crippen molar-refractivity contribution in [2.24, 2.45) is 0 Å². The summed E-state index contributed by atoms with van der Waals surface area (Å²) in [6.45, 7) is 0.913. The minimum atomic E-state index is -0.974. The predicted octanol–water partition coefficient (Wildman–Crippen LogP) is 4.70. The first-order valence-corrected chi connectivity index (χ1v) is 10.6. The molecule has 1 aliphatic heterocycles. The number of amides is 1. The number of nitrogens with zero attached hydrogens (tertiary/aromatic N) is 1. The molecule has 0 unspecified atom stereocenters. The van der Waals surface area contributed by atoms with Gasteiger partial charge in [-0.1, -0.05) is 48.5 Å². The van der Waals surface area contributed by atoms with Crippen LogP contribution in [0, 0.1) is 0 Å². The van der Waals surface area contributed by atoms with Crippen LogP contribution in [-0.2, 0) is 17.7 Å². The van der Waals surface area contributed by atoms with E-state index in [-0.39, 0.29) is 24.6 Å². The van der Waals surface area contributed by atoms with E-state index in [0.717, 1.165) is 11.1 Å². The first-order chi connectivity index (χ1) is 15.6. The molecule has 1 aliphatic carbocycles. The van der Waals surface area contributed by atoms with Crippen LogP contribution in [0.4, 0.5) is 4.79 Å². The fourth-order valence-electron chi connectivity index (χ4n) is 4.88. The number of rotatable bonds is 4. The first-order valence-electron chi connectivity index (χ1n) is 10.6. The largest absolute Gasteiger partial charge is 0.496 e. The number of benzene rings is 3. The summed E-state index contributed by atoms with van der Waals surface area (Å²) in [7, 11) is 1.54. The molecule has 0 fully saturated rings. The monoisotopic (exact) mass is 429 g/mol. The van der Waals surface area contributed by atoms with E-state index in [1.54, 1.807) is 24.1 Å². The number of carbonyl (C=O) groups excluding carboxylic acids is 1. The van der Waals surface area contributed by atoms with Crippen molar-refractivity contribution in [2.75, 3.05) is 20.3 Å². The van der Waals surface area contributed by atoms with Crippen LogP contribution in [0.15, 0.2) is 60.7 Å². The molecule has 1 N–H and O–H groups in total. The van der Waals surface area contributed by atoms with Crippen LogP contribution < -0.4 is 4.74 Å². The minimum Gasteiger partial charge on any atom is -0.496 e. The Kier molecular flexibility index (Phi) is 5.05. The van der Waals surface area contributed by atoms with E-state index < -0.39 is 12.1 Å². The highest BCUT2D eigenvalue weighted by Crippen LogP contribution is 2.44.